The molecule has 1 aromatic carbocycles. The zero-order valence-corrected chi connectivity index (χ0v) is 11.2. The summed E-state index contributed by atoms with van der Waals surface area (Å²) in [5.74, 6) is 5.70. The van der Waals surface area contributed by atoms with E-state index in [1.54, 1.807) is 12.1 Å². The Morgan fingerprint density at radius 2 is 2.00 bits per heavy atom. The van der Waals surface area contributed by atoms with E-state index in [-0.39, 0.29) is 17.3 Å². The summed E-state index contributed by atoms with van der Waals surface area (Å²) >= 11 is 0. The third kappa shape index (κ3) is 3.60. The highest BCUT2D eigenvalue weighted by atomic mass is 32.2. The van der Waals surface area contributed by atoms with E-state index in [4.69, 9.17) is 5.11 Å². The highest BCUT2D eigenvalue weighted by Crippen LogP contribution is 2.14. The second kappa shape index (κ2) is 6.23. The molecule has 0 fully saturated rings. The number of anilines is 1. The van der Waals surface area contributed by atoms with Crippen LogP contribution in [0.4, 0.5) is 5.82 Å². The van der Waals surface area contributed by atoms with Gasteiger partial charge in [-0.05, 0) is 24.3 Å². The lowest BCUT2D eigenvalue weighted by atomic mass is 10.2. The van der Waals surface area contributed by atoms with E-state index in [0.29, 0.717) is 12.0 Å². The number of rotatable bonds is 4. The van der Waals surface area contributed by atoms with Crippen molar-refractivity contribution in [3.63, 3.8) is 0 Å². The summed E-state index contributed by atoms with van der Waals surface area (Å²) in [4.78, 5) is 0.105. The highest BCUT2D eigenvalue weighted by molar-refractivity contribution is 7.92. The van der Waals surface area contributed by atoms with E-state index < -0.39 is 10.0 Å². The Hall–Kier alpha value is -2.30. The van der Waals surface area contributed by atoms with Gasteiger partial charge in [-0.25, -0.2) is 8.42 Å². The van der Waals surface area contributed by atoms with E-state index >= 15 is 0 Å². The van der Waals surface area contributed by atoms with Crippen molar-refractivity contribution in [1.82, 2.24) is 5.16 Å². The second-order valence-corrected chi connectivity index (χ2v) is 5.47. The lowest BCUT2D eigenvalue weighted by Crippen LogP contribution is -2.13. The van der Waals surface area contributed by atoms with Crippen molar-refractivity contribution in [1.29, 1.82) is 0 Å². The first-order valence-electron chi connectivity index (χ1n) is 5.75. The number of aliphatic hydroxyl groups is 1. The molecule has 2 N–H and O–H groups in total. The first-order chi connectivity index (χ1) is 9.62. The number of benzene rings is 1. The molecule has 0 aliphatic rings. The van der Waals surface area contributed by atoms with Gasteiger partial charge in [-0.2, -0.15) is 0 Å². The van der Waals surface area contributed by atoms with Crippen LogP contribution < -0.4 is 4.72 Å². The second-order valence-electron chi connectivity index (χ2n) is 3.79. The fraction of sp³-hybridized carbons (Fsp3) is 0.154. The van der Waals surface area contributed by atoms with Gasteiger partial charge in [-0.1, -0.05) is 17.0 Å². The number of nitrogens with one attached hydrogen (secondary N) is 1. The number of aromatic nitrogens is 1. The van der Waals surface area contributed by atoms with Crippen molar-refractivity contribution in [2.24, 2.45) is 0 Å². The molecule has 0 unspecified atom stereocenters. The zero-order chi connectivity index (χ0) is 14.4. The summed E-state index contributed by atoms with van der Waals surface area (Å²) in [5, 5.41) is 12.1. The first-order valence-corrected chi connectivity index (χ1v) is 7.23. The first kappa shape index (κ1) is 14.1. The third-order valence-electron chi connectivity index (χ3n) is 2.31. The van der Waals surface area contributed by atoms with Crippen LogP contribution in [0, 0.1) is 11.8 Å². The lowest BCUT2D eigenvalue weighted by molar-refractivity contribution is 0.305. The van der Waals surface area contributed by atoms with E-state index in [0.717, 1.165) is 0 Å². The smallest absolute Gasteiger partial charge is 0.263 e. The quantitative estimate of drug-likeness (QED) is 0.826. The molecule has 7 heteroatoms. The SMILES string of the molecule is O=S(=O)(Nc1ccon1)c1ccc(C#CCCO)cc1. The fourth-order valence-electron chi connectivity index (χ4n) is 1.40. The zero-order valence-electron chi connectivity index (χ0n) is 10.4. The molecule has 0 saturated heterocycles. The maximum Gasteiger partial charge on any atom is 0.263 e. The molecule has 1 heterocycles. The number of hydrogen-bond donors (Lipinski definition) is 2. The van der Waals surface area contributed by atoms with Gasteiger partial charge < -0.3 is 9.63 Å². The molecule has 2 aromatic rings. The Balaban J connectivity index is 2.15. The maximum atomic E-state index is 12.0. The topological polar surface area (TPSA) is 92.4 Å². The van der Waals surface area contributed by atoms with Crippen molar-refractivity contribution in [2.45, 2.75) is 11.3 Å². The number of aliphatic hydroxyl groups excluding tert-OH is 1. The van der Waals surface area contributed by atoms with Crippen LogP contribution in [0.1, 0.15) is 12.0 Å². The van der Waals surface area contributed by atoms with Crippen molar-refractivity contribution < 1.29 is 18.0 Å². The van der Waals surface area contributed by atoms with Gasteiger partial charge in [0.1, 0.15) is 6.26 Å². The van der Waals surface area contributed by atoms with Crippen molar-refractivity contribution in [2.75, 3.05) is 11.3 Å². The summed E-state index contributed by atoms with van der Waals surface area (Å²) in [5.41, 5.74) is 0.679. The van der Waals surface area contributed by atoms with Crippen LogP contribution in [0.3, 0.4) is 0 Å². The van der Waals surface area contributed by atoms with Crippen molar-refractivity contribution in [3.8, 4) is 11.8 Å². The summed E-state index contributed by atoms with van der Waals surface area (Å²) in [6, 6.07) is 7.51. The number of hydrogen-bond acceptors (Lipinski definition) is 5. The van der Waals surface area contributed by atoms with Crippen LogP contribution in [0.15, 0.2) is 46.0 Å². The molecular formula is C13H12N2O4S. The van der Waals surface area contributed by atoms with Crippen molar-refractivity contribution in [3.05, 3.63) is 42.2 Å². The minimum absolute atomic E-state index is 0.00107. The van der Waals surface area contributed by atoms with Gasteiger partial charge in [0, 0.05) is 18.1 Å². The molecule has 0 atom stereocenters. The highest BCUT2D eigenvalue weighted by Gasteiger charge is 2.15. The standard InChI is InChI=1S/C13H12N2O4S/c16-9-2-1-3-11-4-6-12(7-5-11)20(17,18)15-13-8-10-19-14-13/h4-8,10,16H,2,9H2,(H,14,15). The summed E-state index contributed by atoms with van der Waals surface area (Å²) in [6.07, 6.45) is 1.66. The third-order valence-corrected chi connectivity index (χ3v) is 3.68. The van der Waals surface area contributed by atoms with Crippen LogP contribution in [0.2, 0.25) is 0 Å². The van der Waals surface area contributed by atoms with Crippen LogP contribution in [-0.2, 0) is 10.0 Å². The molecule has 104 valence electrons. The molecule has 0 saturated carbocycles. The molecule has 6 nitrogen and oxygen atoms in total. The maximum absolute atomic E-state index is 12.0. The molecule has 0 bridgehead atoms. The average molecular weight is 292 g/mol. The summed E-state index contributed by atoms with van der Waals surface area (Å²) < 4.78 is 30.9. The van der Waals surface area contributed by atoms with Crippen LogP contribution in [-0.4, -0.2) is 25.3 Å². The Labute approximate surface area is 116 Å². The Bertz CT molecular complexity index is 710. The fourth-order valence-corrected chi connectivity index (χ4v) is 2.39. The average Bonchev–Trinajstić information content (AvgIpc) is 2.92. The molecule has 2 rings (SSSR count). The minimum Gasteiger partial charge on any atom is -0.395 e. The Kier molecular flexibility index (Phi) is 4.40. The minimum atomic E-state index is -3.69. The molecule has 1 aromatic heterocycles. The van der Waals surface area contributed by atoms with Crippen molar-refractivity contribution >= 4 is 15.8 Å². The van der Waals surface area contributed by atoms with E-state index in [1.165, 1.54) is 24.5 Å². The molecule has 20 heavy (non-hydrogen) atoms. The predicted octanol–water partition coefficient (Wildman–Crippen LogP) is 1.21. The predicted molar refractivity (Wildman–Crippen MR) is 72.3 cm³/mol. The van der Waals surface area contributed by atoms with Crippen LogP contribution in [0.5, 0.6) is 0 Å². The molecule has 0 amide bonds. The number of sulfonamides is 1. The molecule has 0 aliphatic heterocycles. The Morgan fingerprint density at radius 1 is 1.25 bits per heavy atom. The lowest BCUT2D eigenvalue weighted by Gasteiger charge is -2.04. The molecular weight excluding hydrogens is 280 g/mol. The van der Waals surface area contributed by atoms with Gasteiger partial charge in [0.25, 0.3) is 10.0 Å². The summed E-state index contributed by atoms with van der Waals surface area (Å²) in [7, 11) is -3.69. The van der Waals surface area contributed by atoms with Gasteiger partial charge in [0.05, 0.1) is 11.5 Å². The van der Waals surface area contributed by atoms with Gasteiger partial charge in [-0.15, -0.1) is 0 Å². The van der Waals surface area contributed by atoms with Crippen LogP contribution >= 0.6 is 0 Å². The van der Waals surface area contributed by atoms with Gasteiger partial charge in [0.2, 0.25) is 0 Å². The summed E-state index contributed by atoms with van der Waals surface area (Å²) in [6.45, 7) is 0.00107. The molecule has 0 aliphatic carbocycles. The van der Waals surface area contributed by atoms with E-state index in [9.17, 15) is 8.42 Å². The van der Waals surface area contributed by atoms with Gasteiger partial charge >= 0.3 is 0 Å². The van der Waals surface area contributed by atoms with E-state index in [1.807, 2.05) is 0 Å². The Morgan fingerprint density at radius 3 is 2.60 bits per heavy atom. The van der Waals surface area contributed by atoms with Crippen LogP contribution in [0.25, 0.3) is 0 Å². The van der Waals surface area contributed by atoms with E-state index in [2.05, 4.69) is 26.2 Å². The van der Waals surface area contributed by atoms with Gasteiger partial charge in [-0.3, -0.25) is 4.72 Å². The normalized spacial score (nSPS) is 10.7. The monoisotopic (exact) mass is 292 g/mol. The molecule has 0 radical (unpaired) electrons. The van der Waals surface area contributed by atoms with Gasteiger partial charge in [0.15, 0.2) is 5.82 Å². The largest absolute Gasteiger partial charge is 0.395 e. The number of nitrogens with zero attached hydrogens (tertiary/aromatic N) is 1. The molecule has 0 spiro atoms.